The van der Waals surface area contributed by atoms with Crippen LogP contribution in [-0.4, -0.2) is 19.0 Å². The summed E-state index contributed by atoms with van der Waals surface area (Å²) in [5.74, 6) is 0.615. The van der Waals surface area contributed by atoms with Gasteiger partial charge in [-0.15, -0.1) is 0 Å². The number of amides is 1. The van der Waals surface area contributed by atoms with Crippen molar-refractivity contribution in [3.63, 3.8) is 0 Å². The number of hydrogen-bond acceptors (Lipinski definition) is 2. The largest absolute Gasteiger partial charge is 0.326 e. The van der Waals surface area contributed by atoms with Gasteiger partial charge in [0.15, 0.2) is 0 Å². The number of anilines is 1. The highest BCUT2D eigenvalue weighted by Crippen LogP contribution is 2.30. The molecule has 0 radical (unpaired) electrons. The summed E-state index contributed by atoms with van der Waals surface area (Å²) in [5, 5.41) is 6.38. The molecule has 2 unspecified atom stereocenters. The second-order valence-corrected chi connectivity index (χ2v) is 6.53. The molecule has 1 aromatic carbocycles. The molecule has 1 aliphatic rings. The van der Waals surface area contributed by atoms with Crippen LogP contribution < -0.4 is 10.6 Å². The van der Waals surface area contributed by atoms with E-state index in [1.165, 1.54) is 5.56 Å². The lowest BCUT2D eigenvalue weighted by Crippen LogP contribution is -2.29. The number of rotatable bonds is 2. The van der Waals surface area contributed by atoms with Crippen molar-refractivity contribution in [2.75, 3.05) is 18.4 Å². The first-order chi connectivity index (χ1) is 8.89. The Hall–Kier alpha value is -1.35. The smallest absolute Gasteiger partial charge is 0.229 e. The van der Waals surface area contributed by atoms with E-state index in [4.69, 9.17) is 0 Å². The molecule has 104 valence electrons. The van der Waals surface area contributed by atoms with Crippen LogP contribution in [0.2, 0.25) is 0 Å². The van der Waals surface area contributed by atoms with Crippen molar-refractivity contribution < 1.29 is 4.79 Å². The monoisotopic (exact) mass is 260 g/mol. The molecule has 1 heterocycles. The third-order valence-corrected chi connectivity index (χ3v) is 3.85. The van der Waals surface area contributed by atoms with Gasteiger partial charge in [-0.3, -0.25) is 4.79 Å². The first-order valence-corrected chi connectivity index (χ1v) is 7.00. The van der Waals surface area contributed by atoms with Gasteiger partial charge < -0.3 is 10.6 Å². The minimum absolute atomic E-state index is 0.0312. The predicted molar refractivity (Wildman–Crippen MR) is 79.3 cm³/mol. The van der Waals surface area contributed by atoms with E-state index in [2.05, 4.69) is 44.4 Å². The summed E-state index contributed by atoms with van der Waals surface area (Å²) < 4.78 is 0. The van der Waals surface area contributed by atoms with Gasteiger partial charge in [-0.1, -0.05) is 45.9 Å². The van der Waals surface area contributed by atoms with E-state index in [9.17, 15) is 4.79 Å². The second-order valence-electron chi connectivity index (χ2n) is 6.53. The van der Waals surface area contributed by atoms with Gasteiger partial charge in [-0.25, -0.2) is 0 Å². The highest BCUT2D eigenvalue weighted by Gasteiger charge is 2.30. The van der Waals surface area contributed by atoms with Gasteiger partial charge in [-0.05, 0) is 29.5 Å². The number of benzene rings is 1. The third kappa shape index (κ3) is 3.16. The molecule has 19 heavy (non-hydrogen) atoms. The molecule has 3 heteroatoms. The maximum atomic E-state index is 12.4. The van der Waals surface area contributed by atoms with E-state index >= 15 is 0 Å². The van der Waals surface area contributed by atoms with Crippen molar-refractivity contribution in [1.82, 2.24) is 5.32 Å². The van der Waals surface area contributed by atoms with Gasteiger partial charge in [-0.2, -0.15) is 0 Å². The van der Waals surface area contributed by atoms with E-state index in [1.54, 1.807) is 0 Å². The molecule has 1 aliphatic heterocycles. The molecular weight excluding hydrogens is 236 g/mol. The second kappa shape index (κ2) is 5.33. The molecule has 0 bridgehead atoms. The highest BCUT2D eigenvalue weighted by atomic mass is 16.1. The lowest BCUT2D eigenvalue weighted by Gasteiger charge is -2.24. The van der Waals surface area contributed by atoms with Gasteiger partial charge in [0.05, 0.1) is 5.92 Å². The number of nitrogens with one attached hydrogen (secondary N) is 2. The van der Waals surface area contributed by atoms with Gasteiger partial charge in [0.25, 0.3) is 0 Å². The SMILES string of the molecule is CC1CNCC1C(=O)Nc1ccccc1C(C)(C)C. The van der Waals surface area contributed by atoms with Crippen molar-refractivity contribution in [2.45, 2.75) is 33.1 Å². The maximum Gasteiger partial charge on any atom is 0.229 e. The number of para-hydroxylation sites is 1. The molecule has 0 spiro atoms. The summed E-state index contributed by atoms with van der Waals surface area (Å²) in [7, 11) is 0. The Morgan fingerprint density at radius 2 is 1.95 bits per heavy atom. The summed E-state index contributed by atoms with van der Waals surface area (Å²) in [5.41, 5.74) is 2.16. The number of hydrogen-bond donors (Lipinski definition) is 2. The van der Waals surface area contributed by atoms with Gasteiger partial charge in [0.2, 0.25) is 5.91 Å². The standard InChI is InChI=1S/C16H24N2O/c1-11-9-17-10-12(11)15(19)18-14-8-6-5-7-13(14)16(2,3)4/h5-8,11-12,17H,9-10H2,1-4H3,(H,18,19). The van der Waals surface area contributed by atoms with E-state index in [1.807, 2.05) is 18.2 Å². The van der Waals surface area contributed by atoms with Crippen LogP contribution in [0.3, 0.4) is 0 Å². The fraction of sp³-hybridized carbons (Fsp3) is 0.562. The van der Waals surface area contributed by atoms with Crippen molar-refractivity contribution >= 4 is 11.6 Å². The Kier molecular flexibility index (Phi) is 3.95. The van der Waals surface area contributed by atoms with Gasteiger partial charge in [0, 0.05) is 12.2 Å². The normalized spacial score (nSPS) is 23.4. The summed E-state index contributed by atoms with van der Waals surface area (Å²) >= 11 is 0. The number of carbonyl (C=O) groups excluding carboxylic acids is 1. The van der Waals surface area contributed by atoms with E-state index in [0.29, 0.717) is 5.92 Å². The average molecular weight is 260 g/mol. The molecule has 2 rings (SSSR count). The first-order valence-electron chi connectivity index (χ1n) is 7.00. The Morgan fingerprint density at radius 1 is 1.26 bits per heavy atom. The summed E-state index contributed by atoms with van der Waals surface area (Å²) in [6.45, 7) is 10.3. The minimum Gasteiger partial charge on any atom is -0.326 e. The zero-order valence-corrected chi connectivity index (χ0v) is 12.3. The molecule has 0 aromatic heterocycles. The van der Waals surface area contributed by atoms with Crippen LogP contribution in [-0.2, 0) is 10.2 Å². The van der Waals surface area contributed by atoms with Crippen LogP contribution in [0.4, 0.5) is 5.69 Å². The molecule has 2 N–H and O–H groups in total. The van der Waals surface area contributed by atoms with Crippen LogP contribution in [0.1, 0.15) is 33.3 Å². The molecule has 1 fully saturated rings. The van der Waals surface area contributed by atoms with Crippen LogP contribution >= 0.6 is 0 Å². The highest BCUT2D eigenvalue weighted by molar-refractivity contribution is 5.94. The lowest BCUT2D eigenvalue weighted by molar-refractivity contribution is -0.120. The maximum absolute atomic E-state index is 12.4. The fourth-order valence-electron chi connectivity index (χ4n) is 2.63. The van der Waals surface area contributed by atoms with Crippen molar-refractivity contribution in [2.24, 2.45) is 11.8 Å². The van der Waals surface area contributed by atoms with E-state index < -0.39 is 0 Å². The van der Waals surface area contributed by atoms with Gasteiger partial charge >= 0.3 is 0 Å². The Balaban J connectivity index is 2.17. The molecule has 3 nitrogen and oxygen atoms in total. The van der Waals surface area contributed by atoms with Crippen molar-refractivity contribution in [3.8, 4) is 0 Å². The Morgan fingerprint density at radius 3 is 2.53 bits per heavy atom. The fourth-order valence-corrected chi connectivity index (χ4v) is 2.63. The van der Waals surface area contributed by atoms with Crippen LogP contribution in [0.5, 0.6) is 0 Å². The molecule has 2 atom stereocenters. The van der Waals surface area contributed by atoms with Crippen LogP contribution in [0.25, 0.3) is 0 Å². The summed E-state index contributed by atoms with van der Waals surface area (Å²) in [4.78, 5) is 12.4. The van der Waals surface area contributed by atoms with Crippen LogP contribution in [0.15, 0.2) is 24.3 Å². The molecule has 1 saturated heterocycles. The minimum atomic E-state index is 0.0312. The summed E-state index contributed by atoms with van der Waals surface area (Å²) in [6, 6.07) is 8.08. The van der Waals surface area contributed by atoms with Crippen molar-refractivity contribution in [1.29, 1.82) is 0 Å². The first kappa shape index (κ1) is 14.1. The summed E-state index contributed by atoms with van der Waals surface area (Å²) in [6.07, 6.45) is 0. The lowest BCUT2D eigenvalue weighted by atomic mass is 9.85. The molecule has 0 saturated carbocycles. The Bertz CT molecular complexity index is 462. The third-order valence-electron chi connectivity index (χ3n) is 3.85. The van der Waals surface area contributed by atoms with Gasteiger partial charge in [0.1, 0.15) is 0 Å². The predicted octanol–water partition coefficient (Wildman–Crippen LogP) is 2.78. The van der Waals surface area contributed by atoms with E-state index in [0.717, 1.165) is 18.8 Å². The number of carbonyl (C=O) groups is 1. The molecule has 0 aliphatic carbocycles. The zero-order chi connectivity index (χ0) is 14.0. The van der Waals surface area contributed by atoms with E-state index in [-0.39, 0.29) is 17.2 Å². The Labute approximate surface area is 115 Å². The zero-order valence-electron chi connectivity index (χ0n) is 12.3. The van der Waals surface area contributed by atoms with Crippen LogP contribution in [0, 0.1) is 11.8 Å². The topological polar surface area (TPSA) is 41.1 Å². The molecular formula is C16H24N2O. The quantitative estimate of drug-likeness (QED) is 0.858. The molecule has 1 aromatic rings. The average Bonchev–Trinajstić information content (AvgIpc) is 2.75. The van der Waals surface area contributed by atoms with Crippen molar-refractivity contribution in [3.05, 3.63) is 29.8 Å². The molecule has 1 amide bonds.